The molecule has 2 rings (SSSR count). The molecule has 1 aromatic heterocycles. The number of alkyl halides is 3. The summed E-state index contributed by atoms with van der Waals surface area (Å²) in [6.07, 6.45) is -1.07. The van der Waals surface area contributed by atoms with Crippen LogP contribution in [0, 0.1) is 5.92 Å². The number of oxime groups is 1. The maximum Gasteiger partial charge on any atom is 0.391 e. The van der Waals surface area contributed by atoms with Crippen molar-refractivity contribution < 1.29 is 18.4 Å². The highest BCUT2D eigenvalue weighted by molar-refractivity contribution is 6.02. The van der Waals surface area contributed by atoms with Crippen LogP contribution in [0.15, 0.2) is 23.6 Å². The van der Waals surface area contributed by atoms with Crippen LogP contribution in [-0.4, -0.2) is 35.3 Å². The van der Waals surface area contributed by atoms with Crippen LogP contribution in [0.2, 0.25) is 0 Å². The number of nitrogens with two attached hydrogens (primary N) is 1. The normalized spacial score (nSPS) is 18.4. The van der Waals surface area contributed by atoms with Crippen molar-refractivity contribution in [3.05, 3.63) is 24.0 Å². The molecule has 1 aliphatic heterocycles. The minimum atomic E-state index is -4.14. The van der Waals surface area contributed by atoms with Gasteiger partial charge < -0.3 is 15.8 Å². The molecule has 2 heterocycles. The number of amidine groups is 1. The Balaban J connectivity index is 2.15. The van der Waals surface area contributed by atoms with Gasteiger partial charge in [0.2, 0.25) is 0 Å². The predicted octanol–water partition coefficient (Wildman–Crippen LogP) is 1.95. The summed E-state index contributed by atoms with van der Waals surface area (Å²) in [5.41, 5.74) is 6.62. The summed E-state index contributed by atoms with van der Waals surface area (Å²) in [5, 5.41) is 11.7. The summed E-state index contributed by atoms with van der Waals surface area (Å²) in [5.74, 6) is -1.34. The zero-order chi connectivity index (χ0) is 14.8. The smallest absolute Gasteiger partial charge is 0.391 e. The van der Waals surface area contributed by atoms with Gasteiger partial charge in [-0.15, -0.1) is 0 Å². The summed E-state index contributed by atoms with van der Waals surface area (Å²) < 4.78 is 37.9. The molecule has 0 unspecified atom stereocenters. The second kappa shape index (κ2) is 5.56. The zero-order valence-corrected chi connectivity index (χ0v) is 10.6. The number of rotatable bonds is 2. The van der Waals surface area contributed by atoms with E-state index in [0.29, 0.717) is 11.3 Å². The molecule has 3 N–H and O–H groups in total. The van der Waals surface area contributed by atoms with Crippen molar-refractivity contribution in [2.24, 2.45) is 16.8 Å². The standard InChI is InChI=1S/C12H15F3N4O/c13-12(14,15)8-2-5-19(6-3-8)10-7-17-4-1-9(10)11(16)18-20/h1,4,7-8,20H,2-3,5-6H2,(H2,16,18). The molecule has 0 amide bonds. The minimum Gasteiger partial charge on any atom is -0.409 e. The summed E-state index contributed by atoms with van der Waals surface area (Å²) >= 11 is 0. The molecule has 8 heteroatoms. The summed E-state index contributed by atoms with van der Waals surface area (Å²) in [4.78, 5) is 5.73. The van der Waals surface area contributed by atoms with Crippen molar-refractivity contribution >= 4 is 11.5 Å². The van der Waals surface area contributed by atoms with Crippen LogP contribution in [0.3, 0.4) is 0 Å². The van der Waals surface area contributed by atoms with E-state index in [2.05, 4.69) is 10.1 Å². The molecule has 20 heavy (non-hydrogen) atoms. The molecular formula is C12H15F3N4O. The SMILES string of the molecule is N/C(=N/O)c1ccncc1N1CCC(C(F)(F)F)CC1. The molecule has 0 radical (unpaired) electrons. The molecular weight excluding hydrogens is 273 g/mol. The van der Waals surface area contributed by atoms with Gasteiger partial charge in [-0.1, -0.05) is 5.16 Å². The van der Waals surface area contributed by atoms with Gasteiger partial charge in [-0.3, -0.25) is 4.98 Å². The first-order valence-corrected chi connectivity index (χ1v) is 6.17. The first-order chi connectivity index (χ1) is 9.43. The summed E-state index contributed by atoms with van der Waals surface area (Å²) in [7, 11) is 0. The maximum absolute atomic E-state index is 12.6. The van der Waals surface area contributed by atoms with Crippen LogP contribution in [0.4, 0.5) is 18.9 Å². The predicted molar refractivity (Wildman–Crippen MR) is 67.7 cm³/mol. The molecule has 1 saturated heterocycles. The molecule has 0 atom stereocenters. The molecule has 110 valence electrons. The fraction of sp³-hybridized carbons (Fsp3) is 0.500. The Morgan fingerprint density at radius 3 is 2.60 bits per heavy atom. The Kier molecular flexibility index (Phi) is 4.01. The lowest BCUT2D eigenvalue weighted by Crippen LogP contribution is -2.39. The van der Waals surface area contributed by atoms with Crippen molar-refractivity contribution in [2.45, 2.75) is 19.0 Å². The van der Waals surface area contributed by atoms with E-state index >= 15 is 0 Å². The second-order valence-corrected chi connectivity index (χ2v) is 4.68. The van der Waals surface area contributed by atoms with Crippen LogP contribution < -0.4 is 10.6 Å². The quantitative estimate of drug-likeness (QED) is 0.377. The highest BCUT2D eigenvalue weighted by atomic mass is 19.4. The number of halogens is 3. The highest BCUT2D eigenvalue weighted by Crippen LogP contribution is 2.35. The van der Waals surface area contributed by atoms with Gasteiger partial charge in [-0.05, 0) is 18.9 Å². The third-order valence-electron chi connectivity index (χ3n) is 3.48. The maximum atomic E-state index is 12.6. The first-order valence-electron chi connectivity index (χ1n) is 6.17. The van der Waals surface area contributed by atoms with Gasteiger partial charge in [0.1, 0.15) is 0 Å². The molecule has 1 aliphatic rings. The van der Waals surface area contributed by atoms with Gasteiger partial charge in [0.05, 0.1) is 17.8 Å². The Morgan fingerprint density at radius 2 is 2.05 bits per heavy atom. The number of hydrogen-bond donors (Lipinski definition) is 2. The summed E-state index contributed by atoms with van der Waals surface area (Å²) in [6.45, 7) is 0.531. The Bertz CT molecular complexity index is 496. The van der Waals surface area contributed by atoms with Gasteiger partial charge >= 0.3 is 6.18 Å². The number of hydrogen-bond acceptors (Lipinski definition) is 4. The van der Waals surface area contributed by atoms with Gasteiger partial charge in [0.15, 0.2) is 5.84 Å². The van der Waals surface area contributed by atoms with E-state index < -0.39 is 12.1 Å². The van der Waals surface area contributed by atoms with Gasteiger partial charge in [-0.25, -0.2) is 0 Å². The topological polar surface area (TPSA) is 74.7 Å². The van der Waals surface area contributed by atoms with E-state index in [9.17, 15) is 13.2 Å². The first kappa shape index (κ1) is 14.4. The number of pyridine rings is 1. The average molecular weight is 288 g/mol. The Labute approximate surface area is 113 Å². The Morgan fingerprint density at radius 1 is 1.40 bits per heavy atom. The lowest BCUT2D eigenvalue weighted by atomic mass is 9.95. The van der Waals surface area contributed by atoms with Crippen LogP contribution in [0.25, 0.3) is 0 Å². The van der Waals surface area contributed by atoms with Crippen LogP contribution in [0.1, 0.15) is 18.4 Å². The molecule has 0 saturated carbocycles. The zero-order valence-electron chi connectivity index (χ0n) is 10.6. The van der Waals surface area contributed by atoms with E-state index in [1.54, 1.807) is 11.0 Å². The van der Waals surface area contributed by atoms with Crippen LogP contribution >= 0.6 is 0 Å². The van der Waals surface area contributed by atoms with Crippen LogP contribution in [-0.2, 0) is 0 Å². The molecule has 1 aromatic rings. The fourth-order valence-electron chi connectivity index (χ4n) is 2.36. The van der Waals surface area contributed by atoms with E-state index in [-0.39, 0.29) is 31.8 Å². The molecule has 1 fully saturated rings. The highest BCUT2D eigenvalue weighted by Gasteiger charge is 2.41. The number of piperidine rings is 1. The molecule has 0 bridgehead atoms. The lowest BCUT2D eigenvalue weighted by molar-refractivity contribution is -0.179. The monoisotopic (exact) mass is 288 g/mol. The third kappa shape index (κ3) is 2.94. The van der Waals surface area contributed by atoms with Crippen molar-refractivity contribution in [3.63, 3.8) is 0 Å². The average Bonchev–Trinajstić information content (AvgIpc) is 2.45. The van der Waals surface area contributed by atoms with Crippen LogP contribution in [0.5, 0.6) is 0 Å². The van der Waals surface area contributed by atoms with E-state index in [1.165, 1.54) is 12.4 Å². The van der Waals surface area contributed by atoms with Crippen molar-refractivity contribution in [3.8, 4) is 0 Å². The number of anilines is 1. The number of nitrogens with zero attached hydrogens (tertiary/aromatic N) is 3. The molecule has 0 spiro atoms. The fourth-order valence-corrected chi connectivity index (χ4v) is 2.36. The summed E-state index contributed by atoms with van der Waals surface area (Å²) in [6, 6.07) is 1.57. The van der Waals surface area contributed by atoms with E-state index in [1.807, 2.05) is 0 Å². The van der Waals surface area contributed by atoms with Crippen molar-refractivity contribution in [1.82, 2.24) is 4.98 Å². The van der Waals surface area contributed by atoms with Crippen molar-refractivity contribution in [2.75, 3.05) is 18.0 Å². The second-order valence-electron chi connectivity index (χ2n) is 4.68. The molecule has 0 aromatic carbocycles. The minimum absolute atomic E-state index is 0.0357. The van der Waals surface area contributed by atoms with Gasteiger partial charge in [0.25, 0.3) is 0 Å². The molecule has 5 nitrogen and oxygen atoms in total. The van der Waals surface area contributed by atoms with E-state index in [4.69, 9.17) is 10.9 Å². The van der Waals surface area contributed by atoms with E-state index in [0.717, 1.165) is 0 Å². The lowest BCUT2D eigenvalue weighted by Gasteiger charge is -2.35. The van der Waals surface area contributed by atoms with Gasteiger partial charge in [-0.2, -0.15) is 13.2 Å². The molecule has 0 aliphatic carbocycles. The van der Waals surface area contributed by atoms with Gasteiger partial charge in [0, 0.05) is 24.8 Å². The largest absolute Gasteiger partial charge is 0.409 e. The third-order valence-corrected chi connectivity index (χ3v) is 3.48. The Hall–Kier alpha value is -1.99. The number of aromatic nitrogens is 1. The van der Waals surface area contributed by atoms with Crippen molar-refractivity contribution in [1.29, 1.82) is 0 Å².